The Morgan fingerprint density at radius 3 is 2.09 bits per heavy atom. The maximum Gasteiger partial charge on any atom is 0.330 e. The van der Waals surface area contributed by atoms with E-state index in [1.807, 2.05) is 103 Å². The number of aliphatic hydroxyl groups is 1. The summed E-state index contributed by atoms with van der Waals surface area (Å²) >= 11 is 0. The van der Waals surface area contributed by atoms with E-state index in [0.29, 0.717) is 28.6 Å². The lowest BCUT2D eigenvalue weighted by molar-refractivity contribution is -0.0944. The number of benzene rings is 3. The SMILES string of the molecule is COc1ccc(C(OC[C@H]2O[C@@H](n3cc(C#Cc4cccc(-c5ccccn5)n4)c(=O)[nH]c3=O)C[C@@H]2O)(c2ccccc2)c2ccc(OC)cc2)cc1. The number of methoxy groups -OCH3 is 2. The summed E-state index contributed by atoms with van der Waals surface area (Å²) in [6.45, 7) is -0.0479. The topological polar surface area (TPSA) is 138 Å². The highest BCUT2D eigenvalue weighted by Crippen LogP contribution is 2.42. The van der Waals surface area contributed by atoms with E-state index in [0.717, 1.165) is 16.7 Å². The maximum atomic E-state index is 13.1. The van der Waals surface area contributed by atoms with Gasteiger partial charge in [-0.05, 0) is 71.1 Å². The summed E-state index contributed by atoms with van der Waals surface area (Å²) in [5.41, 5.74) is 1.78. The van der Waals surface area contributed by atoms with E-state index in [2.05, 4.69) is 26.8 Å². The zero-order valence-electron chi connectivity index (χ0n) is 29.0. The second-order valence-corrected chi connectivity index (χ2v) is 12.3. The summed E-state index contributed by atoms with van der Waals surface area (Å²) in [5.74, 6) is 7.13. The highest BCUT2D eigenvalue weighted by Gasteiger charge is 2.42. The zero-order valence-corrected chi connectivity index (χ0v) is 29.0. The molecule has 11 heteroatoms. The van der Waals surface area contributed by atoms with E-state index >= 15 is 0 Å². The minimum atomic E-state index is -1.14. The van der Waals surface area contributed by atoms with Gasteiger partial charge in [0.1, 0.15) is 40.7 Å². The molecular weight excluding hydrogens is 672 g/mol. The van der Waals surface area contributed by atoms with Gasteiger partial charge in [0.25, 0.3) is 5.56 Å². The van der Waals surface area contributed by atoms with E-state index in [9.17, 15) is 14.7 Å². The van der Waals surface area contributed by atoms with Crippen molar-refractivity contribution in [2.24, 2.45) is 0 Å². The number of pyridine rings is 2. The summed E-state index contributed by atoms with van der Waals surface area (Å²) in [7, 11) is 3.22. The lowest BCUT2D eigenvalue weighted by atomic mass is 9.80. The third kappa shape index (κ3) is 7.38. The molecule has 4 heterocycles. The summed E-state index contributed by atoms with van der Waals surface area (Å²) in [6.07, 6.45) is 0.378. The van der Waals surface area contributed by atoms with Gasteiger partial charge in [0.2, 0.25) is 0 Å². The number of H-pyrrole nitrogens is 1. The van der Waals surface area contributed by atoms with E-state index in [1.54, 1.807) is 32.5 Å². The molecule has 0 amide bonds. The fourth-order valence-electron chi connectivity index (χ4n) is 6.40. The second kappa shape index (κ2) is 15.5. The first-order valence-corrected chi connectivity index (χ1v) is 17.0. The van der Waals surface area contributed by atoms with Gasteiger partial charge in [0.05, 0.1) is 38.3 Å². The summed E-state index contributed by atoms with van der Waals surface area (Å²) in [4.78, 5) is 37.1. The molecule has 7 rings (SSSR count). The quantitative estimate of drug-likeness (QED) is 0.148. The number of aromatic nitrogens is 4. The van der Waals surface area contributed by atoms with Crippen LogP contribution in [0.5, 0.6) is 11.5 Å². The van der Waals surface area contributed by atoms with Gasteiger partial charge in [-0.1, -0.05) is 72.7 Å². The Morgan fingerprint density at radius 1 is 0.811 bits per heavy atom. The molecule has 0 bridgehead atoms. The molecule has 53 heavy (non-hydrogen) atoms. The Labute approximate surface area is 305 Å². The van der Waals surface area contributed by atoms with Gasteiger partial charge in [0, 0.05) is 18.8 Å². The number of aromatic amines is 1. The lowest BCUT2D eigenvalue weighted by Crippen LogP contribution is -2.38. The third-order valence-electron chi connectivity index (χ3n) is 9.12. The van der Waals surface area contributed by atoms with Crippen molar-refractivity contribution in [3.63, 3.8) is 0 Å². The predicted octanol–water partition coefficient (Wildman–Crippen LogP) is 5.07. The molecule has 11 nitrogen and oxygen atoms in total. The Bertz CT molecular complexity index is 2300. The highest BCUT2D eigenvalue weighted by molar-refractivity contribution is 5.55. The summed E-state index contributed by atoms with van der Waals surface area (Å²) in [5, 5.41) is 11.3. The molecule has 1 fully saturated rings. The maximum absolute atomic E-state index is 13.1. The second-order valence-electron chi connectivity index (χ2n) is 12.3. The van der Waals surface area contributed by atoms with Gasteiger partial charge >= 0.3 is 5.69 Å². The third-order valence-corrected chi connectivity index (χ3v) is 9.12. The Kier molecular flexibility index (Phi) is 10.3. The average Bonchev–Trinajstić information content (AvgIpc) is 3.58. The van der Waals surface area contributed by atoms with E-state index in [1.165, 1.54) is 10.8 Å². The van der Waals surface area contributed by atoms with Crippen molar-refractivity contribution >= 4 is 0 Å². The van der Waals surface area contributed by atoms with Crippen LogP contribution in [-0.2, 0) is 15.1 Å². The fraction of sp³-hybridized carbons (Fsp3) is 0.190. The monoisotopic (exact) mass is 708 g/mol. The van der Waals surface area contributed by atoms with Crippen molar-refractivity contribution in [2.75, 3.05) is 20.8 Å². The number of hydrogen-bond acceptors (Lipinski definition) is 9. The standard InChI is InChI=1S/C42H36N4O7/c1-50-33-20-15-30(16-21-33)42(29-9-4-3-5-10-29,31-17-22-34(51-2)23-18-31)52-27-38-37(47)25-39(53-38)46-26-28(40(48)45-41(46)49)14-19-32-11-8-13-36(44-32)35-12-6-7-24-43-35/h3-13,15-18,20-24,26,37-39,47H,25,27H2,1-2H3,(H,45,48,49)/t37-,38+,39+/m0/s1. The normalized spacial score (nSPS) is 16.8. The van der Waals surface area contributed by atoms with Crippen LogP contribution in [0.3, 0.4) is 0 Å². The van der Waals surface area contributed by atoms with Crippen molar-refractivity contribution in [3.05, 3.63) is 176 Å². The largest absolute Gasteiger partial charge is 0.497 e. The summed E-state index contributed by atoms with van der Waals surface area (Å²) < 4.78 is 25.4. The Morgan fingerprint density at radius 2 is 1.45 bits per heavy atom. The molecule has 0 unspecified atom stereocenters. The molecule has 3 atom stereocenters. The van der Waals surface area contributed by atoms with Gasteiger partial charge in [0.15, 0.2) is 0 Å². The zero-order chi connectivity index (χ0) is 36.8. The van der Waals surface area contributed by atoms with Gasteiger partial charge in [-0.2, -0.15) is 0 Å². The Hall–Kier alpha value is -6.32. The number of ether oxygens (including phenoxy) is 4. The van der Waals surface area contributed by atoms with Crippen LogP contribution < -0.4 is 20.7 Å². The van der Waals surface area contributed by atoms with Crippen LogP contribution >= 0.6 is 0 Å². The Balaban J connectivity index is 1.17. The fourth-order valence-corrected chi connectivity index (χ4v) is 6.40. The number of nitrogens with one attached hydrogen (secondary N) is 1. The molecule has 266 valence electrons. The molecule has 0 aliphatic carbocycles. The minimum Gasteiger partial charge on any atom is -0.497 e. The van der Waals surface area contributed by atoms with Crippen molar-refractivity contribution in [3.8, 4) is 34.7 Å². The molecule has 3 aromatic carbocycles. The number of nitrogens with zero attached hydrogens (tertiary/aromatic N) is 3. The average molecular weight is 709 g/mol. The van der Waals surface area contributed by atoms with Crippen LogP contribution in [0.2, 0.25) is 0 Å². The summed E-state index contributed by atoms with van der Waals surface area (Å²) in [6, 6.07) is 35.9. The minimum absolute atomic E-state index is 0.0366. The molecule has 1 aliphatic heterocycles. The van der Waals surface area contributed by atoms with Crippen LogP contribution in [0.25, 0.3) is 11.4 Å². The number of aliphatic hydroxyl groups excluding tert-OH is 1. The predicted molar refractivity (Wildman–Crippen MR) is 198 cm³/mol. The molecule has 0 spiro atoms. The molecular formula is C42H36N4O7. The van der Waals surface area contributed by atoms with Crippen molar-refractivity contribution in [2.45, 2.75) is 30.5 Å². The van der Waals surface area contributed by atoms with Crippen molar-refractivity contribution in [1.82, 2.24) is 19.5 Å². The van der Waals surface area contributed by atoms with Crippen molar-refractivity contribution in [1.29, 1.82) is 0 Å². The van der Waals surface area contributed by atoms with Gasteiger partial charge in [-0.25, -0.2) is 9.78 Å². The number of hydrogen-bond donors (Lipinski definition) is 2. The van der Waals surface area contributed by atoms with E-state index in [-0.39, 0.29) is 18.6 Å². The van der Waals surface area contributed by atoms with Crippen LogP contribution in [0.1, 0.15) is 40.6 Å². The molecule has 0 saturated carbocycles. The smallest absolute Gasteiger partial charge is 0.330 e. The van der Waals surface area contributed by atoms with Crippen LogP contribution in [0, 0.1) is 11.8 Å². The van der Waals surface area contributed by atoms with E-state index in [4.69, 9.17) is 18.9 Å². The van der Waals surface area contributed by atoms with Gasteiger partial charge < -0.3 is 24.1 Å². The highest BCUT2D eigenvalue weighted by atomic mass is 16.6. The molecule has 1 aliphatic rings. The lowest BCUT2D eigenvalue weighted by Gasteiger charge is -2.37. The van der Waals surface area contributed by atoms with Crippen molar-refractivity contribution < 1.29 is 24.1 Å². The first-order valence-electron chi connectivity index (χ1n) is 17.0. The molecule has 0 radical (unpaired) electrons. The molecule has 3 aromatic heterocycles. The van der Waals surface area contributed by atoms with E-state index < -0.39 is 35.3 Å². The molecule has 6 aromatic rings. The first kappa shape index (κ1) is 35.1. The van der Waals surface area contributed by atoms with Gasteiger partial charge in [-0.15, -0.1) is 0 Å². The number of rotatable bonds is 10. The first-order chi connectivity index (χ1) is 25.9. The van der Waals surface area contributed by atoms with Crippen LogP contribution in [0.4, 0.5) is 0 Å². The molecule has 2 N–H and O–H groups in total. The van der Waals surface area contributed by atoms with Gasteiger partial charge in [-0.3, -0.25) is 19.3 Å². The molecule has 1 saturated heterocycles. The van der Waals surface area contributed by atoms with Crippen LogP contribution in [0.15, 0.2) is 137 Å². The van der Waals surface area contributed by atoms with Crippen LogP contribution in [-0.4, -0.2) is 57.7 Å².